The molecule has 6 heteroatoms. The van der Waals surface area contributed by atoms with E-state index in [0.29, 0.717) is 19.3 Å². The van der Waals surface area contributed by atoms with Crippen LogP contribution in [0, 0.1) is 5.92 Å². The Kier molecular flexibility index (Phi) is 5.74. The van der Waals surface area contributed by atoms with Crippen molar-refractivity contribution in [2.24, 2.45) is 5.92 Å². The zero-order valence-electron chi connectivity index (χ0n) is 12.5. The molecular weight excluding hydrogens is 300 g/mol. The van der Waals surface area contributed by atoms with Crippen LogP contribution >= 0.6 is 0 Å². The molecule has 1 aromatic carbocycles. The van der Waals surface area contributed by atoms with Crippen LogP contribution in [0.25, 0.3) is 0 Å². The number of rotatable bonds is 6. The molecule has 1 amide bonds. The van der Waals surface area contributed by atoms with Gasteiger partial charge in [0, 0.05) is 5.92 Å². The minimum Gasteiger partial charge on any atom is -0.317 e. The smallest absolute Gasteiger partial charge is 0.241 e. The SMILES string of the molecule is C=CC(Cc1ccccc1)S(=O)(=O)NC(=O)C1CCNCC1. The Labute approximate surface area is 131 Å². The number of nitrogens with one attached hydrogen (secondary N) is 2. The molecule has 2 rings (SSSR count). The first-order valence-corrected chi connectivity index (χ1v) is 9.00. The summed E-state index contributed by atoms with van der Waals surface area (Å²) < 4.78 is 27.0. The largest absolute Gasteiger partial charge is 0.317 e. The van der Waals surface area contributed by atoms with Crippen LogP contribution in [0.2, 0.25) is 0 Å². The number of hydrogen-bond donors (Lipinski definition) is 2. The molecule has 1 aliphatic heterocycles. The quantitative estimate of drug-likeness (QED) is 0.773. The van der Waals surface area contributed by atoms with Crippen LogP contribution in [0.5, 0.6) is 0 Å². The minimum absolute atomic E-state index is 0.238. The fraction of sp³-hybridized carbons (Fsp3) is 0.438. The van der Waals surface area contributed by atoms with Crippen LogP contribution in [0.15, 0.2) is 43.0 Å². The Morgan fingerprint density at radius 3 is 2.55 bits per heavy atom. The molecule has 1 heterocycles. The summed E-state index contributed by atoms with van der Waals surface area (Å²) >= 11 is 0. The van der Waals surface area contributed by atoms with E-state index >= 15 is 0 Å². The fourth-order valence-electron chi connectivity index (χ4n) is 2.55. The highest BCUT2D eigenvalue weighted by atomic mass is 32.2. The van der Waals surface area contributed by atoms with Crippen LogP contribution in [-0.4, -0.2) is 32.7 Å². The third-order valence-corrected chi connectivity index (χ3v) is 5.54. The van der Waals surface area contributed by atoms with Gasteiger partial charge in [-0.15, -0.1) is 6.58 Å². The van der Waals surface area contributed by atoms with Gasteiger partial charge < -0.3 is 5.32 Å². The number of amides is 1. The molecule has 0 aliphatic carbocycles. The second-order valence-corrected chi connectivity index (χ2v) is 7.40. The molecule has 1 saturated heterocycles. The van der Waals surface area contributed by atoms with Gasteiger partial charge in [-0.25, -0.2) is 8.42 Å². The monoisotopic (exact) mass is 322 g/mol. The highest BCUT2D eigenvalue weighted by molar-refractivity contribution is 7.90. The van der Waals surface area contributed by atoms with Gasteiger partial charge in [-0.1, -0.05) is 36.4 Å². The summed E-state index contributed by atoms with van der Waals surface area (Å²) in [6, 6.07) is 9.31. The molecule has 5 nitrogen and oxygen atoms in total. The minimum atomic E-state index is -3.76. The molecule has 0 bridgehead atoms. The Balaban J connectivity index is 2.03. The summed E-state index contributed by atoms with van der Waals surface area (Å²) in [6.45, 7) is 5.09. The van der Waals surface area contributed by atoms with E-state index in [0.717, 1.165) is 18.7 Å². The maximum Gasteiger partial charge on any atom is 0.241 e. The Bertz CT molecular complexity index is 608. The molecule has 0 saturated carbocycles. The number of sulfonamides is 1. The predicted octanol–water partition coefficient (Wildman–Crippen LogP) is 1.23. The first-order chi connectivity index (χ1) is 10.5. The topological polar surface area (TPSA) is 75.3 Å². The number of carbonyl (C=O) groups is 1. The predicted molar refractivity (Wildman–Crippen MR) is 86.8 cm³/mol. The normalized spacial score (nSPS) is 17.6. The number of benzene rings is 1. The van der Waals surface area contributed by atoms with E-state index in [-0.39, 0.29) is 5.92 Å². The zero-order chi connectivity index (χ0) is 16.0. The Hall–Kier alpha value is -1.66. The standard InChI is InChI=1S/C16H22N2O3S/c1-2-15(12-13-6-4-3-5-7-13)22(20,21)18-16(19)14-8-10-17-11-9-14/h2-7,14-15,17H,1,8-12H2,(H,18,19). The van der Waals surface area contributed by atoms with E-state index in [2.05, 4.69) is 16.6 Å². The third kappa shape index (κ3) is 4.42. The number of hydrogen-bond acceptors (Lipinski definition) is 4. The molecule has 1 aromatic rings. The zero-order valence-corrected chi connectivity index (χ0v) is 13.3. The van der Waals surface area contributed by atoms with Gasteiger partial charge in [0.15, 0.2) is 0 Å². The van der Waals surface area contributed by atoms with E-state index in [1.165, 1.54) is 6.08 Å². The molecule has 1 unspecified atom stereocenters. The van der Waals surface area contributed by atoms with E-state index in [9.17, 15) is 13.2 Å². The lowest BCUT2D eigenvalue weighted by atomic mass is 9.98. The van der Waals surface area contributed by atoms with E-state index in [1.807, 2.05) is 30.3 Å². The van der Waals surface area contributed by atoms with Crippen molar-refractivity contribution in [3.05, 3.63) is 48.6 Å². The maximum absolute atomic E-state index is 12.4. The van der Waals surface area contributed by atoms with Crippen LogP contribution in [0.3, 0.4) is 0 Å². The molecule has 0 radical (unpaired) electrons. The van der Waals surface area contributed by atoms with E-state index in [1.54, 1.807) is 0 Å². The van der Waals surface area contributed by atoms with Gasteiger partial charge in [0.2, 0.25) is 15.9 Å². The van der Waals surface area contributed by atoms with Crippen molar-refractivity contribution >= 4 is 15.9 Å². The lowest BCUT2D eigenvalue weighted by molar-refractivity contribution is -0.123. The first kappa shape index (κ1) is 16.7. The summed E-state index contributed by atoms with van der Waals surface area (Å²) in [6.07, 6.45) is 3.02. The average molecular weight is 322 g/mol. The summed E-state index contributed by atoms with van der Waals surface area (Å²) in [4.78, 5) is 12.1. The van der Waals surface area contributed by atoms with Gasteiger partial charge in [-0.2, -0.15) is 0 Å². The van der Waals surface area contributed by atoms with Crippen molar-refractivity contribution in [1.29, 1.82) is 0 Å². The van der Waals surface area contributed by atoms with Gasteiger partial charge in [-0.3, -0.25) is 9.52 Å². The van der Waals surface area contributed by atoms with Crippen LogP contribution < -0.4 is 10.0 Å². The molecule has 1 aliphatic rings. The van der Waals surface area contributed by atoms with Crippen molar-refractivity contribution in [3.8, 4) is 0 Å². The van der Waals surface area contributed by atoms with E-state index in [4.69, 9.17) is 0 Å². The molecule has 2 N–H and O–H groups in total. The van der Waals surface area contributed by atoms with Crippen molar-refractivity contribution < 1.29 is 13.2 Å². The Morgan fingerprint density at radius 1 is 1.32 bits per heavy atom. The molecule has 1 atom stereocenters. The van der Waals surface area contributed by atoms with Crippen molar-refractivity contribution in [2.75, 3.05) is 13.1 Å². The molecule has 0 aromatic heterocycles. The molecule has 22 heavy (non-hydrogen) atoms. The molecule has 120 valence electrons. The van der Waals surface area contributed by atoms with Crippen LogP contribution in [0.1, 0.15) is 18.4 Å². The summed E-state index contributed by atoms with van der Waals surface area (Å²) in [5, 5.41) is 2.33. The van der Waals surface area contributed by atoms with Crippen molar-refractivity contribution in [3.63, 3.8) is 0 Å². The van der Waals surface area contributed by atoms with Gasteiger partial charge >= 0.3 is 0 Å². The summed E-state index contributed by atoms with van der Waals surface area (Å²) in [5.74, 6) is -0.639. The third-order valence-electron chi connectivity index (χ3n) is 3.89. The van der Waals surface area contributed by atoms with Crippen LogP contribution in [0.4, 0.5) is 0 Å². The number of carbonyl (C=O) groups excluding carboxylic acids is 1. The fourth-order valence-corrected chi connectivity index (χ4v) is 3.81. The van der Waals surface area contributed by atoms with Gasteiger partial charge in [-0.05, 0) is 37.9 Å². The number of piperidine rings is 1. The molecule has 0 spiro atoms. The Morgan fingerprint density at radius 2 is 1.95 bits per heavy atom. The second-order valence-electron chi connectivity index (χ2n) is 5.50. The molecular formula is C16H22N2O3S. The maximum atomic E-state index is 12.4. The second kappa shape index (κ2) is 7.56. The van der Waals surface area contributed by atoms with Gasteiger partial charge in [0.1, 0.15) is 5.25 Å². The summed E-state index contributed by atoms with van der Waals surface area (Å²) in [7, 11) is -3.76. The lowest BCUT2D eigenvalue weighted by Crippen LogP contribution is -2.44. The highest BCUT2D eigenvalue weighted by Crippen LogP contribution is 2.15. The summed E-state index contributed by atoms with van der Waals surface area (Å²) in [5.41, 5.74) is 0.895. The first-order valence-electron chi connectivity index (χ1n) is 7.45. The molecule has 1 fully saturated rings. The van der Waals surface area contributed by atoms with Gasteiger partial charge in [0.25, 0.3) is 0 Å². The van der Waals surface area contributed by atoms with Gasteiger partial charge in [0.05, 0.1) is 0 Å². The lowest BCUT2D eigenvalue weighted by Gasteiger charge is -2.23. The van der Waals surface area contributed by atoms with Crippen molar-refractivity contribution in [1.82, 2.24) is 10.0 Å². The average Bonchev–Trinajstić information content (AvgIpc) is 2.54. The van der Waals surface area contributed by atoms with E-state index < -0.39 is 21.2 Å². The van der Waals surface area contributed by atoms with Crippen LogP contribution in [-0.2, 0) is 21.2 Å². The van der Waals surface area contributed by atoms with Crippen molar-refractivity contribution in [2.45, 2.75) is 24.5 Å². The highest BCUT2D eigenvalue weighted by Gasteiger charge is 2.29.